The van der Waals surface area contributed by atoms with Crippen LogP contribution in [-0.2, 0) is 17.6 Å². The van der Waals surface area contributed by atoms with E-state index in [0.29, 0.717) is 28.7 Å². The van der Waals surface area contributed by atoms with Crippen molar-refractivity contribution < 1.29 is 19.4 Å². The molecule has 1 unspecified atom stereocenters. The SMILES string of the molecule is CCOC(=O)c1c(NC(=O)c2ccc(O)cc2)sc2c1CCC(C)C2. The van der Waals surface area contributed by atoms with E-state index in [1.54, 1.807) is 19.1 Å². The number of ether oxygens (including phenoxy) is 1. The summed E-state index contributed by atoms with van der Waals surface area (Å²) in [5.41, 5.74) is 1.94. The van der Waals surface area contributed by atoms with E-state index < -0.39 is 0 Å². The molecule has 1 aliphatic rings. The first kappa shape index (κ1) is 17.5. The average molecular weight is 359 g/mol. The molecule has 0 radical (unpaired) electrons. The van der Waals surface area contributed by atoms with Gasteiger partial charge in [0, 0.05) is 10.4 Å². The highest BCUT2D eigenvalue weighted by molar-refractivity contribution is 7.17. The Morgan fingerprint density at radius 3 is 2.72 bits per heavy atom. The summed E-state index contributed by atoms with van der Waals surface area (Å²) >= 11 is 1.46. The van der Waals surface area contributed by atoms with E-state index in [4.69, 9.17) is 4.74 Å². The van der Waals surface area contributed by atoms with Crippen LogP contribution in [0.1, 0.15) is 51.4 Å². The molecule has 0 spiro atoms. The van der Waals surface area contributed by atoms with Crippen LogP contribution in [0.3, 0.4) is 0 Å². The van der Waals surface area contributed by atoms with Gasteiger partial charge in [-0.3, -0.25) is 4.79 Å². The molecule has 1 aromatic carbocycles. The Hall–Kier alpha value is -2.34. The molecule has 1 aliphatic carbocycles. The lowest BCUT2D eigenvalue weighted by atomic mass is 9.88. The Balaban J connectivity index is 1.93. The van der Waals surface area contributed by atoms with Crippen LogP contribution in [0.25, 0.3) is 0 Å². The lowest BCUT2D eigenvalue weighted by Crippen LogP contribution is -2.16. The number of carbonyl (C=O) groups is 2. The number of hydrogen-bond donors (Lipinski definition) is 2. The van der Waals surface area contributed by atoms with Crippen molar-refractivity contribution in [2.24, 2.45) is 5.92 Å². The summed E-state index contributed by atoms with van der Waals surface area (Å²) in [6.45, 7) is 4.26. The third kappa shape index (κ3) is 3.69. The number of amides is 1. The van der Waals surface area contributed by atoms with Crippen molar-refractivity contribution in [2.75, 3.05) is 11.9 Å². The fourth-order valence-corrected chi connectivity index (χ4v) is 4.44. The quantitative estimate of drug-likeness (QED) is 0.809. The number of fused-ring (bicyclic) bond motifs is 1. The lowest BCUT2D eigenvalue weighted by Gasteiger charge is -2.18. The Bertz CT molecular complexity index is 795. The first-order valence-corrected chi connectivity index (χ1v) is 9.23. The second-order valence-corrected chi connectivity index (χ2v) is 7.38. The Morgan fingerprint density at radius 1 is 1.32 bits per heavy atom. The fraction of sp³-hybridized carbons (Fsp3) is 0.368. The van der Waals surface area contributed by atoms with Crippen LogP contribution in [0.15, 0.2) is 24.3 Å². The number of nitrogens with one attached hydrogen (secondary N) is 1. The Morgan fingerprint density at radius 2 is 2.04 bits per heavy atom. The fourth-order valence-electron chi connectivity index (χ4n) is 3.05. The molecule has 1 aromatic heterocycles. The van der Waals surface area contributed by atoms with Crippen molar-refractivity contribution in [2.45, 2.75) is 33.1 Å². The van der Waals surface area contributed by atoms with Gasteiger partial charge in [-0.15, -0.1) is 11.3 Å². The maximum atomic E-state index is 12.5. The van der Waals surface area contributed by atoms with Crippen molar-refractivity contribution >= 4 is 28.2 Å². The van der Waals surface area contributed by atoms with Crippen LogP contribution in [-0.4, -0.2) is 23.6 Å². The van der Waals surface area contributed by atoms with Gasteiger partial charge in [-0.2, -0.15) is 0 Å². The normalized spacial score (nSPS) is 16.2. The van der Waals surface area contributed by atoms with E-state index in [1.807, 2.05) is 0 Å². The Labute approximate surface area is 150 Å². The highest BCUT2D eigenvalue weighted by Crippen LogP contribution is 2.40. The van der Waals surface area contributed by atoms with Crippen molar-refractivity contribution in [3.05, 3.63) is 45.8 Å². The van der Waals surface area contributed by atoms with Gasteiger partial charge < -0.3 is 15.2 Å². The van der Waals surface area contributed by atoms with Gasteiger partial charge in [0.2, 0.25) is 0 Å². The lowest BCUT2D eigenvalue weighted by molar-refractivity contribution is 0.0526. The number of esters is 1. The van der Waals surface area contributed by atoms with Crippen molar-refractivity contribution in [3.8, 4) is 5.75 Å². The van der Waals surface area contributed by atoms with Gasteiger partial charge in [-0.1, -0.05) is 6.92 Å². The van der Waals surface area contributed by atoms with E-state index in [9.17, 15) is 14.7 Å². The zero-order chi connectivity index (χ0) is 18.0. The van der Waals surface area contributed by atoms with Gasteiger partial charge >= 0.3 is 5.97 Å². The van der Waals surface area contributed by atoms with Crippen LogP contribution < -0.4 is 5.32 Å². The minimum atomic E-state index is -0.379. The molecule has 1 amide bonds. The summed E-state index contributed by atoms with van der Waals surface area (Å²) in [7, 11) is 0. The second-order valence-electron chi connectivity index (χ2n) is 6.28. The predicted molar refractivity (Wildman–Crippen MR) is 97.5 cm³/mol. The van der Waals surface area contributed by atoms with Crippen LogP contribution >= 0.6 is 11.3 Å². The average Bonchev–Trinajstić information content (AvgIpc) is 2.92. The standard InChI is InChI=1S/C19H21NO4S/c1-3-24-19(23)16-14-9-4-11(2)10-15(14)25-18(16)20-17(22)12-5-7-13(21)8-6-12/h5-8,11,21H,3-4,9-10H2,1-2H3,(H,20,22). The van der Waals surface area contributed by atoms with E-state index in [0.717, 1.165) is 29.7 Å². The predicted octanol–water partition coefficient (Wildman–Crippen LogP) is 4.01. The summed E-state index contributed by atoms with van der Waals surface area (Å²) in [4.78, 5) is 26.1. The molecule has 132 valence electrons. The van der Waals surface area contributed by atoms with Crippen LogP contribution in [0, 0.1) is 5.92 Å². The molecule has 5 nitrogen and oxygen atoms in total. The van der Waals surface area contributed by atoms with E-state index in [1.165, 1.54) is 23.5 Å². The molecule has 1 atom stereocenters. The molecule has 0 saturated carbocycles. The molecule has 0 saturated heterocycles. The highest BCUT2D eigenvalue weighted by Gasteiger charge is 2.29. The second kappa shape index (κ2) is 7.27. The molecule has 3 rings (SSSR count). The third-order valence-corrected chi connectivity index (χ3v) is 5.52. The summed E-state index contributed by atoms with van der Waals surface area (Å²) in [5.74, 6) is -0.0149. The van der Waals surface area contributed by atoms with Crippen molar-refractivity contribution in [1.29, 1.82) is 0 Å². The molecule has 2 N–H and O–H groups in total. The van der Waals surface area contributed by atoms with Gasteiger partial charge in [-0.25, -0.2) is 4.79 Å². The number of phenols is 1. The van der Waals surface area contributed by atoms with Gasteiger partial charge in [0.25, 0.3) is 5.91 Å². The summed E-state index contributed by atoms with van der Waals surface area (Å²) in [6.07, 6.45) is 2.78. The van der Waals surface area contributed by atoms with Crippen LogP contribution in [0.2, 0.25) is 0 Å². The molecule has 6 heteroatoms. The molecular weight excluding hydrogens is 338 g/mol. The van der Waals surface area contributed by atoms with Gasteiger partial charge in [0.05, 0.1) is 12.2 Å². The molecule has 0 aliphatic heterocycles. The molecule has 0 fully saturated rings. The Kier molecular flexibility index (Phi) is 5.08. The monoisotopic (exact) mass is 359 g/mol. The van der Waals surface area contributed by atoms with Gasteiger partial charge in [0.15, 0.2) is 0 Å². The summed E-state index contributed by atoms with van der Waals surface area (Å²) < 4.78 is 5.21. The molecular formula is C19H21NO4S. The molecule has 25 heavy (non-hydrogen) atoms. The number of benzene rings is 1. The maximum Gasteiger partial charge on any atom is 0.341 e. The minimum Gasteiger partial charge on any atom is -0.508 e. The van der Waals surface area contributed by atoms with E-state index in [-0.39, 0.29) is 17.6 Å². The number of anilines is 1. The van der Waals surface area contributed by atoms with Crippen molar-refractivity contribution in [1.82, 2.24) is 0 Å². The summed E-state index contributed by atoms with van der Waals surface area (Å²) in [6, 6.07) is 6.01. The van der Waals surface area contributed by atoms with E-state index >= 15 is 0 Å². The zero-order valence-corrected chi connectivity index (χ0v) is 15.1. The third-order valence-electron chi connectivity index (χ3n) is 4.35. The highest BCUT2D eigenvalue weighted by atomic mass is 32.1. The number of phenolic OH excluding ortho intramolecular Hbond substituents is 1. The molecule has 0 bridgehead atoms. The van der Waals surface area contributed by atoms with Crippen LogP contribution in [0.5, 0.6) is 5.75 Å². The first-order chi connectivity index (χ1) is 12.0. The number of thiophene rings is 1. The van der Waals surface area contributed by atoms with Gasteiger partial charge in [-0.05, 0) is 61.9 Å². The largest absolute Gasteiger partial charge is 0.508 e. The maximum absolute atomic E-state index is 12.5. The number of rotatable bonds is 4. The summed E-state index contributed by atoms with van der Waals surface area (Å²) in [5, 5.41) is 12.8. The van der Waals surface area contributed by atoms with E-state index in [2.05, 4.69) is 12.2 Å². The van der Waals surface area contributed by atoms with Gasteiger partial charge in [0.1, 0.15) is 10.8 Å². The zero-order valence-electron chi connectivity index (χ0n) is 14.3. The molecule has 1 heterocycles. The van der Waals surface area contributed by atoms with Crippen molar-refractivity contribution in [3.63, 3.8) is 0 Å². The number of aromatic hydroxyl groups is 1. The smallest absolute Gasteiger partial charge is 0.341 e. The number of carbonyl (C=O) groups excluding carboxylic acids is 2. The first-order valence-electron chi connectivity index (χ1n) is 8.41. The topological polar surface area (TPSA) is 75.6 Å². The minimum absolute atomic E-state index is 0.101. The molecule has 2 aromatic rings. The number of hydrogen-bond acceptors (Lipinski definition) is 5. The van der Waals surface area contributed by atoms with Crippen LogP contribution in [0.4, 0.5) is 5.00 Å².